The Kier molecular flexibility index (Phi) is 6.67. The Morgan fingerprint density at radius 2 is 1.97 bits per heavy atom. The van der Waals surface area contributed by atoms with E-state index in [0.29, 0.717) is 33.3 Å². The van der Waals surface area contributed by atoms with Gasteiger partial charge in [-0.15, -0.1) is 11.8 Å². The summed E-state index contributed by atoms with van der Waals surface area (Å²) in [6.07, 6.45) is 0.756. The molecule has 0 radical (unpaired) electrons. The second-order valence-corrected chi connectivity index (χ2v) is 9.58. The summed E-state index contributed by atoms with van der Waals surface area (Å²) in [6.45, 7) is 2.56. The van der Waals surface area contributed by atoms with Gasteiger partial charge >= 0.3 is 0 Å². The molecule has 2 aromatic carbocycles. The van der Waals surface area contributed by atoms with E-state index in [9.17, 15) is 9.59 Å². The van der Waals surface area contributed by atoms with E-state index in [1.165, 1.54) is 11.8 Å². The molecule has 6 nitrogen and oxygen atoms in total. The number of amides is 1. The largest absolute Gasteiger partial charge is 0.497 e. The van der Waals surface area contributed by atoms with E-state index in [1.54, 1.807) is 23.4 Å². The van der Waals surface area contributed by atoms with Crippen molar-refractivity contribution in [1.29, 1.82) is 0 Å². The van der Waals surface area contributed by atoms with Gasteiger partial charge in [-0.05, 0) is 29.8 Å². The van der Waals surface area contributed by atoms with Gasteiger partial charge < -0.3 is 10.1 Å². The van der Waals surface area contributed by atoms with Crippen LogP contribution in [0.25, 0.3) is 5.69 Å². The number of thioether (sulfide) groups is 2. The molecule has 1 atom stereocenters. The van der Waals surface area contributed by atoms with E-state index in [4.69, 9.17) is 9.72 Å². The van der Waals surface area contributed by atoms with Crippen LogP contribution < -0.4 is 15.6 Å². The summed E-state index contributed by atoms with van der Waals surface area (Å²) >= 11 is 2.84. The lowest BCUT2D eigenvalue weighted by Crippen LogP contribution is -2.27. The third kappa shape index (κ3) is 4.97. The average Bonchev–Trinajstić information content (AvgIpc) is 3.18. The highest BCUT2D eigenvalue weighted by atomic mass is 32.2. The third-order valence-corrected chi connectivity index (χ3v) is 7.03. The highest BCUT2D eigenvalue weighted by Gasteiger charge is 2.27. The zero-order valence-corrected chi connectivity index (χ0v) is 19.0. The SMILES string of the molecule is COc1ccc(-n2c(SCC(=O)NCc3ccccc3)nc3c(c2=O)SC(C)C3)cc1. The quantitative estimate of drug-likeness (QED) is 0.435. The number of hydrogen-bond acceptors (Lipinski definition) is 6. The van der Waals surface area contributed by atoms with Crippen LogP contribution in [0.2, 0.25) is 0 Å². The lowest BCUT2D eigenvalue weighted by molar-refractivity contribution is -0.118. The Morgan fingerprint density at radius 1 is 1.23 bits per heavy atom. The fourth-order valence-corrected chi connectivity index (χ4v) is 5.29. The molecule has 0 fully saturated rings. The van der Waals surface area contributed by atoms with Gasteiger partial charge in [0.2, 0.25) is 5.91 Å². The number of methoxy groups -OCH3 is 1. The van der Waals surface area contributed by atoms with Crippen LogP contribution in [0, 0.1) is 0 Å². The van der Waals surface area contributed by atoms with Crippen LogP contribution in [0.1, 0.15) is 18.2 Å². The number of nitrogens with zero attached hydrogens (tertiary/aromatic N) is 2. The smallest absolute Gasteiger partial charge is 0.272 e. The van der Waals surface area contributed by atoms with Crippen molar-refractivity contribution in [3.8, 4) is 11.4 Å². The van der Waals surface area contributed by atoms with E-state index in [2.05, 4.69) is 12.2 Å². The molecule has 8 heteroatoms. The second-order valence-electron chi connectivity index (χ2n) is 7.19. The van der Waals surface area contributed by atoms with Crippen molar-refractivity contribution in [1.82, 2.24) is 14.9 Å². The van der Waals surface area contributed by atoms with Crippen molar-refractivity contribution in [2.45, 2.75) is 35.2 Å². The molecule has 31 heavy (non-hydrogen) atoms. The lowest BCUT2D eigenvalue weighted by atomic mass is 10.2. The molecule has 0 aliphatic carbocycles. The van der Waals surface area contributed by atoms with Crippen LogP contribution in [0.15, 0.2) is 69.4 Å². The summed E-state index contributed by atoms with van der Waals surface area (Å²) in [7, 11) is 1.60. The summed E-state index contributed by atoms with van der Waals surface area (Å²) < 4.78 is 6.83. The number of fused-ring (bicyclic) bond motifs is 1. The first-order valence-corrected chi connectivity index (χ1v) is 11.8. The highest BCUT2D eigenvalue weighted by molar-refractivity contribution is 8.00. The van der Waals surface area contributed by atoms with Gasteiger partial charge in [0.05, 0.1) is 29.1 Å². The van der Waals surface area contributed by atoms with E-state index in [0.717, 1.165) is 17.7 Å². The van der Waals surface area contributed by atoms with Crippen LogP contribution in [0.5, 0.6) is 5.75 Å². The minimum absolute atomic E-state index is 0.0864. The normalized spacial score (nSPS) is 14.8. The molecule has 1 aromatic heterocycles. The number of nitrogens with one attached hydrogen (secondary N) is 1. The molecule has 1 N–H and O–H groups in total. The predicted molar refractivity (Wildman–Crippen MR) is 124 cm³/mol. The first-order chi connectivity index (χ1) is 15.0. The molecule has 2 heterocycles. The van der Waals surface area contributed by atoms with Crippen molar-refractivity contribution in [3.05, 3.63) is 76.2 Å². The minimum atomic E-state index is -0.104. The van der Waals surface area contributed by atoms with Crippen LogP contribution in [-0.2, 0) is 17.8 Å². The lowest BCUT2D eigenvalue weighted by Gasteiger charge is -2.14. The fraction of sp³-hybridized carbons (Fsp3) is 0.261. The summed E-state index contributed by atoms with van der Waals surface area (Å²) in [5.41, 5.74) is 2.47. The molecule has 0 saturated carbocycles. The molecule has 0 saturated heterocycles. The van der Waals surface area contributed by atoms with E-state index in [1.807, 2.05) is 54.6 Å². The molecule has 1 aliphatic rings. The van der Waals surface area contributed by atoms with Crippen molar-refractivity contribution in [2.75, 3.05) is 12.9 Å². The molecule has 0 spiro atoms. The van der Waals surface area contributed by atoms with Gasteiger partial charge in [0.1, 0.15) is 5.75 Å². The maximum Gasteiger partial charge on any atom is 0.272 e. The van der Waals surface area contributed by atoms with Crippen LogP contribution in [-0.4, -0.2) is 33.6 Å². The topological polar surface area (TPSA) is 73.2 Å². The van der Waals surface area contributed by atoms with Crippen LogP contribution >= 0.6 is 23.5 Å². The van der Waals surface area contributed by atoms with Crippen molar-refractivity contribution in [2.24, 2.45) is 0 Å². The molecule has 0 bridgehead atoms. The van der Waals surface area contributed by atoms with Gasteiger partial charge in [-0.2, -0.15) is 0 Å². The van der Waals surface area contributed by atoms with Crippen LogP contribution in [0.4, 0.5) is 0 Å². The molecule has 4 rings (SSSR count). The number of ether oxygens (including phenoxy) is 1. The maximum absolute atomic E-state index is 13.3. The molecular weight excluding hydrogens is 430 g/mol. The molecule has 1 unspecified atom stereocenters. The number of carbonyl (C=O) groups is 1. The first kappa shape index (κ1) is 21.5. The summed E-state index contributed by atoms with van der Waals surface area (Å²) in [4.78, 5) is 31.2. The summed E-state index contributed by atoms with van der Waals surface area (Å²) in [5.74, 6) is 0.785. The Bertz CT molecular complexity index is 1130. The summed E-state index contributed by atoms with van der Waals surface area (Å²) in [6, 6.07) is 17.0. The number of benzene rings is 2. The predicted octanol–water partition coefficient (Wildman–Crippen LogP) is 3.69. The Labute approximate surface area is 189 Å². The maximum atomic E-state index is 13.3. The van der Waals surface area contributed by atoms with Gasteiger partial charge in [0, 0.05) is 18.2 Å². The highest BCUT2D eigenvalue weighted by Crippen LogP contribution is 2.35. The Balaban J connectivity index is 1.57. The van der Waals surface area contributed by atoms with Gasteiger partial charge in [-0.1, -0.05) is 49.0 Å². The summed E-state index contributed by atoms with van der Waals surface area (Å²) in [5, 5.41) is 3.76. The second kappa shape index (κ2) is 9.62. The third-order valence-electron chi connectivity index (χ3n) is 4.88. The average molecular weight is 454 g/mol. The monoisotopic (exact) mass is 453 g/mol. The molecule has 160 valence electrons. The van der Waals surface area contributed by atoms with E-state index >= 15 is 0 Å². The zero-order valence-electron chi connectivity index (χ0n) is 17.3. The molecule has 1 aliphatic heterocycles. The molecule has 1 amide bonds. The zero-order chi connectivity index (χ0) is 21.8. The fourth-order valence-electron chi connectivity index (χ4n) is 3.33. The van der Waals surface area contributed by atoms with E-state index in [-0.39, 0.29) is 17.2 Å². The van der Waals surface area contributed by atoms with Crippen LogP contribution in [0.3, 0.4) is 0 Å². The standard InChI is InChI=1S/C23H23N3O3S2/c1-15-12-19-21(31-15)22(28)26(17-8-10-18(29-2)11-9-17)23(25-19)30-14-20(27)24-13-16-6-4-3-5-7-16/h3-11,15H,12-14H2,1-2H3,(H,24,27). The number of carbonyl (C=O) groups excluding carboxylic acids is 1. The van der Waals surface area contributed by atoms with E-state index < -0.39 is 0 Å². The molecular formula is C23H23N3O3S2. The Morgan fingerprint density at radius 3 is 2.68 bits per heavy atom. The first-order valence-electron chi connectivity index (χ1n) is 9.95. The van der Waals surface area contributed by atoms with Gasteiger partial charge in [0.15, 0.2) is 5.16 Å². The van der Waals surface area contributed by atoms with Gasteiger partial charge in [-0.25, -0.2) is 4.98 Å². The Hall–Kier alpha value is -2.71. The molecule has 3 aromatic rings. The van der Waals surface area contributed by atoms with Gasteiger partial charge in [0.25, 0.3) is 5.56 Å². The van der Waals surface area contributed by atoms with Crippen molar-refractivity contribution < 1.29 is 9.53 Å². The number of hydrogen-bond donors (Lipinski definition) is 1. The van der Waals surface area contributed by atoms with Gasteiger partial charge in [-0.3, -0.25) is 14.2 Å². The number of rotatable bonds is 7. The van der Waals surface area contributed by atoms with Crippen molar-refractivity contribution >= 4 is 29.4 Å². The number of aromatic nitrogens is 2. The van der Waals surface area contributed by atoms with Crippen molar-refractivity contribution in [3.63, 3.8) is 0 Å². The minimum Gasteiger partial charge on any atom is -0.497 e.